The zero-order valence-electron chi connectivity index (χ0n) is 17.0. The number of thiazole rings is 1. The van der Waals surface area contributed by atoms with E-state index in [0.717, 1.165) is 33.4 Å². The molecule has 30 heavy (non-hydrogen) atoms. The number of rotatable bonds is 6. The number of halogens is 1. The molecule has 0 radical (unpaired) electrons. The van der Waals surface area contributed by atoms with Gasteiger partial charge in [0.15, 0.2) is 17.3 Å². The third-order valence-corrected chi connectivity index (χ3v) is 6.98. The van der Waals surface area contributed by atoms with Crippen LogP contribution < -0.4 is 31.5 Å². The van der Waals surface area contributed by atoms with Gasteiger partial charge < -0.3 is 26.5 Å². The van der Waals surface area contributed by atoms with Gasteiger partial charge in [-0.2, -0.15) is 5.10 Å². The molecule has 4 rings (SSSR count). The van der Waals surface area contributed by atoms with Crippen LogP contribution in [-0.2, 0) is 0 Å². The van der Waals surface area contributed by atoms with E-state index in [9.17, 15) is 4.79 Å². The van der Waals surface area contributed by atoms with Crippen molar-refractivity contribution in [2.24, 2.45) is 5.10 Å². The Morgan fingerprint density at radius 1 is 1.20 bits per heavy atom. The quantitative estimate of drug-likeness (QED) is 0.479. The number of anilines is 1. The average molecular weight is 507 g/mol. The van der Waals surface area contributed by atoms with Crippen molar-refractivity contribution in [1.82, 2.24) is 4.98 Å². The minimum absolute atomic E-state index is 0. The van der Waals surface area contributed by atoms with Gasteiger partial charge in [-0.05, 0) is 36.1 Å². The highest BCUT2D eigenvalue weighted by atomic mass is 79.9. The molecular formula is C21H21BrN3O3S2-. The van der Waals surface area contributed by atoms with Gasteiger partial charge in [-0.15, -0.1) is 11.3 Å². The van der Waals surface area contributed by atoms with E-state index in [1.165, 1.54) is 11.3 Å². The Bertz CT molecular complexity index is 1080. The maximum atomic E-state index is 11.9. The molecule has 3 aromatic rings. The van der Waals surface area contributed by atoms with Crippen molar-refractivity contribution >= 4 is 39.3 Å². The SMILES string of the molecule is COc1ccc(C2CC(c3cccs3)=NN2c2nc(C)c(C(C)=O)s2)cc1OC.[Br-]. The van der Waals surface area contributed by atoms with Crippen molar-refractivity contribution in [2.75, 3.05) is 19.2 Å². The molecule has 0 saturated heterocycles. The third kappa shape index (κ3) is 4.14. The maximum absolute atomic E-state index is 11.9. The summed E-state index contributed by atoms with van der Waals surface area (Å²) in [6, 6.07) is 9.97. The van der Waals surface area contributed by atoms with Gasteiger partial charge in [-0.25, -0.2) is 9.99 Å². The van der Waals surface area contributed by atoms with Crippen LogP contribution in [0.1, 0.15) is 45.2 Å². The number of aromatic nitrogens is 1. The molecule has 1 aromatic carbocycles. The average Bonchev–Trinajstić information content (AvgIpc) is 3.45. The fourth-order valence-corrected chi connectivity index (χ4v) is 5.09. The van der Waals surface area contributed by atoms with Gasteiger partial charge in [0.05, 0.1) is 41.4 Å². The van der Waals surface area contributed by atoms with Gasteiger partial charge in [-0.1, -0.05) is 23.5 Å². The summed E-state index contributed by atoms with van der Waals surface area (Å²) in [4.78, 5) is 18.4. The molecule has 0 bridgehead atoms. The van der Waals surface area contributed by atoms with E-state index in [2.05, 4.69) is 11.1 Å². The van der Waals surface area contributed by atoms with Gasteiger partial charge in [0, 0.05) is 13.3 Å². The monoisotopic (exact) mass is 506 g/mol. The first kappa shape index (κ1) is 22.5. The number of ether oxygens (including phenoxy) is 2. The Balaban J connectivity index is 0.00000256. The fourth-order valence-electron chi connectivity index (χ4n) is 3.40. The van der Waals surface area contributed by atoms with E-state index in [1.807, 2.05) is 41.6 Å². The Morgan fingerprint density at radius 3 is 2.57 bits per heavy atom. The number of ketones is 1. The Hall–Kier alpha value is -2.23. The van der Waals surface area contributed by atoms with Crippen LogP contribution in [0, 0.1) is 6.92 Å². The molecule has 0 fully saturated rings. The molecule has 1 aliphatic rings. The molecule has 1 aliphatic heterocycles. The van der Waals surface area contributed by atoms with Crippen molar-refractivity contribution in [3.05, 3.63) is 56.7 Å². The van der Waals surface area contributed by atoms with E-state index in [-0.39, 0.29) is 28.8 Å². The molecule has 158 valence electrons. The molecule has 9 heteroatoms. The molecule has 3 heterocycles. The van der Waals surface area contributed by atoms with Crippen molar-refractivity contribution in [1.29, 1.82) is 0 Å². The van der Waals surface area contributed by atoms with E-state index >= 15 is 0 Å². The van der Waals surface area contributed by atoms with Gasteiger partial charge in [0.1, 0.15) is 0 Å². The Morgan fingerprint density at radius 2 is 1.97 bits per heavy atom. The van der Waals surface area contributed by atoms with Crippen molar-refractivity contribution in [3.63, 3.8) is 0 Å². The standard InChI is InChI=1S/C21H21N3O3S2.BrH/c1-12-20(13(2)25)29-21(22-12)24-16(11-15(23-24)19-6-5-9-28-19)14-7-8-17(26-3)18(10-14)27-4;/h5-10,16H,11H2,1-4H3;1H/p-1. The number of nitrogens with zero attached hydrogens (tertiary/aromatic N) is 3. The first-order chi connectivity index (χ1) is 14.0. The molecule has 1 atom stereocenters. The first-order valence-electron chi connectivity index (χ1n) is 9.12. The molecule has 0 spiro atoms. The lowest BCUT2D eigenvalue weighted by atomic mass is 10.0. The lowest BCUT2D eigenvalue weighted by molar-refractivity contribution is -0.0000145. The van der Waals surface area contributed by atoms with E-state index in [4.69, 9.17) is 14.6 Å². The number of hydrogen-bond acceptors (Lipinski definition) is 8. The minimum Gasteiger partial charge on any atom is -1.00 e. The van der Waals surface area contributed by atoms with Gasteiger partial charge >= 0.3 is 0 Å². The topological polar surface area (TPSA) is 64.0 Å². The summed E-state index contributed by atoms with van der Waals surface area (Å²) in [5, 5.41) is 9.60. The summed E-state index contributed by atoms with van der Waals surface area (Å²) in [6.45, 7) is 3.43. The highest BCUT2D eigenvalue weighted by Gasteiger charge is 2.33. The number of hydrazone groups is 1. The van der Waals surface area contributed by atoms with E-state index < -0.39 is 0 Å². The van der Waals surface area contributed by atoms with Gasteiger partial charge in [0.25, 0.3) is 0 Å². The zero-order valence-corrected chi connectivity index (χ0v) is 20.2. The lowest BCUT2D eigenvalue weighted by Crippen LogP contribution is -3.00. The number of thiophene rings is 1. The third-order valence-electron chi connectivity index (χ3n) is 4.81. The van der Waals surface area contributed by atoms with Crippen LogP contribution in [0.25, 0.3) is 0 Å². The summed E-state index contributed by atoms with van der Waals surface area (Å²) in [5.41, 5.74) is 2.80. The second-order valence-corrected chi connectivity index (χ2v) is 8.60. The van der Waals surface area contributed by atoms with Crippen LogP contribution in [0.4, 0.5) is 5.13 Å². The van der Waals surface area contributed by atoms with Crippen LogP contribution in [-0.4, -0.2) is 30.7 Å². The first-order valence-corrected chi connectivity index (χ1v) is 10.8. The number of carbonyl (C=O) groups excluding carboxylic acids is 1. The van der Waals surface area contributed by atoms with E-state index in [0.29, 0.717) is 16.4 Å². The molecule has 6 nitrogen and oxygen atoms in total. The normalized spacial score (nSPS) is 15.5. The highest BCUT2D eigenvalue weighted by molar-refractivity contribution is 7.17. The molecule has 0 N–H and O–H groups in total. The number of carbonyl (C=O) groups is 1. The Kier molecular flexibility index (Phi) is 6.95. The molecule has 0 aliphatic carbocycles. The summed E-state index contributed by atoms with van der Waals surface area (Å²) in [5.74, 6) is 1.38. The number of benzene rings is 1. The zero-order chi connectivity index (χ0) is 20.5. The van der Waals surface area contributed by atoms with Gasteiger partial charge in [0.2, 0.25) is 5.13 Å². The van der Waals surface area contributed by atoms with Crippen LogP contribution >= 0.6 is 22.7 Å². The van der Waals surface area contributed by atoms with Crippen LogP contribution in [0.5, 0.6) is 11.5 Å². The highest BCUT2D eigenvalue weighted by Crippen LogP contribution is 2.42. The predicted octanol–water partition coefficient (Wildman–Crippen LogP) is 2.09. The number of aryl methyl sites for hydroxylation is 1. The van der Waals surface area contributed by atoms with Crippen molar-refractivity contribution in [3.8, 4) is 11.5 Å². The number of methoxy groups -OCH3 is 2. The summed E-state index contributed by atoms with van der Waals surface area (Å²) in [6.07, 6.45) is 0.740. The largest absolute Gasteiger partial charge is 1.00 e. The lowest BCUT2D eigenvalue weighted by Gasteiger charge is -2.22. The maximum Gasteiger partial charge on any atom is 0.207 e. The summed E-state index contributed by atoms with van der Waals surface area (Å²) < 4.78 is 10.9. The minimum atomic E-state index is -0.0442. The molecule has 0 saturated carbocycles. The molecular weight excluding hydrogens is 486 g/mol. The van der Waals surface area contributed by atoms with Crippen LogP contribution in [0.15, 0.2) is 40.8 Å². The molecule has 0 amide bonds. The summed E-state index contributed by atoms with van der Waals surface area (Å²) >= 11 is 3.05. The van der Waals surface area contributed by atoms with Crippen LogP contribution in [0.2, 0.25) is 0 Å². The molecule has 1 unspecified atom stereocenters. The number of Topliss-reactive ketones (excluding diaryl/α,β-unsaturated/α-hetero) is 1. The second kappa shape index (κ2) is 9.28. The second-order valence-electron chi connectivity index (χ2n) is 6.67. The van der Waals surface area contributed by atoms with Gasteiger partial charge in [-0.3, -0.25) is 4.79 Å². The summed E-state index contributed by atoms with van der Waals surface area (Å²) in [7, 11) is 3.25. The number of hydrogen-bond donors (Lipinski definition) is 0. The molecule has 2 aromatic heterocycles. The van der Waals surface area contributed by atoms with Crippen molar-refractivity contribution < 1.29 is 31.2 Å². The van der Waals surface area contributed by atoms with Crippen molar-refractivity contribution in [2.45, 2.75) is 26.3 Å². The predicted molar refractivity (Wildman–Crippen MR) is 117 cm³/mol. The Labute approximate surface area is 193 Å². The fraction of sp³-hybridized carbons (Fsp3) is 0.286. The van der Waals surface area contributed by atoms with E-state index in [1.54, 1.807) is 32.5 Å². The van der Waals surface area contributed by atoms with Crippen LogP contribution in [0.3, 0.4) is 0 Å². The smallest absolute Gasteiger partial charge is 0.207 e.